The molecule has 2 rings (SSSR count). The van der Waals surface area contributed by atoms with Gasteiger partial charge in [-0.05, 0) is 38.0 Å². The summed E-state index contributed by atoms with van der Waals surface area (Å²) < 4.78 is 10.6. The van der Waals surface area contributed by atoms with Crippen LogP contribution in [0.15, 0.2) is 18.2 Å². The Morgan fingerprint density at radius 2 is 1.79 bits per heavy atom. The van der Waals surface area contributed by atoms with Crippen LogP contribution in [0.3, 0.4) is 0 Å². The van der Waals surface area contributed by atoms with Crippen molar-refractivity contribution in [3.8, 4) is 11.5 Å². The molecule has 8 nitrogen and oxygen atoms in total. The van der Waals surface area contributed by atoms with Gasteiger partial charge < -0.3 is 24.8 Å². The van der Waals surface area contributed by atoms with Crippen molar-refractivity contribution in [3.05, 3.63) is 23.8 Å². The minimum atomic E-state index is -1.10. The van der Waals surface area contributed by atoms with Crippen molar-refractivity contribution in [3.63, 3.8) is 0 Å². The monoisotopic (exact) mass is 392 g/mol. The van der Waals surface area contributed by atoms with Crippen LogP contribution in [0.25, 0.3) is 0 Å². The number of carboxylic acid groups (broad SMARTS) is 1. The standard InChI is InChI=1S/C20H28N2O6/c1-2-27-17-13-15(7-8-16(17)28-14-19(24)25)20(26)21-10-9-18(23)22-11-5-3-4-6-12-22/h7-8,13H,2-6,9-12,14H2,1H3,(H,21,26)(H,24,25). The largest absolute Gasteiger partial charge is 0.490 e. The number of nitrogens with one attached hydrogen (secondary N) is 1. The fourth-order valence-corrected chi connectivity index (χ4v) is 3.04. The molecular weight excluding hydrogens is 364 g/mol. The summed E-state index contributed by atoms with van der Waals surface area (Å²) in [4.78, 5) is 37.2. The number of amides is 2. The third-order valence-corrected chi connectivity index (χ3v) is 4.44. The van der Waals surface area contributed by atoms with Gasteiger partial charge in [0.15, 0.2) is 18.1 Å². The molecule has 2 N–H and O–H groups in total. The minimum absolute atomic E-state index is 0.0645. The first-order valence-electron chi connectivity index (χ1n) is 9.68. The molecule has 0 bridgehead atoms. The van der Waals surface area contributed by atoms with E-state index in [-0.39, 0.29) is 30.5 Å². The molecule has 1 aliphatic rings. The van der Waals surface area contributed by atoms with Crippen molar-refractivity contribution in [2.75, 3.05) is 32.8 Å². The van der Waals surface area contributed by atoms with Gasteiger partial charge in [-0.3, -0.25) is 9.59 Å². The van der Waals surface area contributed by atoms with Gasteiger partial charge in [-0.15, -0.1) is 0 Å². The molecule has 2 amide bonds. The van der Waals surface area contributed by atoms with E-state index in [1.54, 1.807) is 6.92 Å². The third-order valence-electron chi connectivity index (χ3n) is 4.44. The highest BCUT2D eigenvalue weighted by Gasteiger charge is 2.16. The summed E-state index contributed by atoms with van der Waals surface area (Å²) in [5, 5.41) is 11.5. The molecule has 1 fully saturated rings. The molecular formula is C20H28N2O6. The topological polar surface area (TPSA) is 105 Å². The minimum Gasteiger partial charge on any atom is -0.490 e. The smallest absolute Gasteiger partial charge is 0.341 e. The maximum Gasteiger partial charge on any atom is 0.341 e. The number of benzene rings is 1. The molecule has 1 aliphatic heterocycles. The molecule has 0 spiro atoms. The van der Waals surface area contributed by atoms with Gasteiger partial charge in [0, 0.05) is 31.6 Å². The Bertz CT molecular complexity index is 683. The van der Waals surface area contributed by atoms with Crippen LogP contribution in [-0.4, -0.2) is 60.6 Å². The number of nitrogens with zero attached hydrogens (tertiary/aromatic N) is 1. The lowest BCUT2D eigenvalue weighted by molar-refractivity contribution is -0.139. The van der Waals surface area contributed by atoms with Gasteiger partial charge in [-0.25, -0.2) is 4.79 Å². The number of carbonyl (C=O) groups excluding carboxylic acids is 2. The summed E-state index contributed by atoms with van der Waals surface area (Å²) in [5.41, 5.74) is 0.355. The lowest BCUT2D eigenvalue weighted by Gasteiger charge is -2.20. The number of carboxylic acids is 1. The average Bonchev–Trinajstić information content (AvgIpc) is 2.96. The molecule has 0 aromatic heterocycles. The summed E-state index contributed by atoms with van der Waals surface area (Å²) in [6.45, 7) is 3.48. The maximum absolute atomic E-state index is 12.4. The normalized spacial score (nSPS) is 14.1. The number of likely N-dealkylation sites (tertiary alicyclic amines) is 1. The fraction of sp³-hybridized carbons (Fsp3) is 0.550. The summed E-state index contributed by atoms with van der Waals surface area (Å²) >= 11 is 0. The Balaban J connectivity index is 1.89. The van der Waals surface area contributed by atoms with Gasteiger partial charge in [0.1, 0.15) is 0 Å². The highest BCUT2D eigenvalue weighted by Crippen LogP contribution is 2.28. The number of ether oxygens (including phenoxy) is 2. The molecule has 1 aromatic rings. The quantitative estimate of drug-likeness (QED) is 0.667. The lowest BCUT2D eigenvalue weighted by atomic mass is 10.2. The van der Waals surface area contributed by atoms with Crippen molar-refractivity contribution in [1.82, 2.24) is 10.2 Å². The van der Waals surface area contributed by atoms with E-state index in [9.17, 15) is 14.4 Å². The molecule has 0 aliphatic carbocycles. The summed E-state index contributed by atoms with van der Waals surface area (Å²) in [5.74, 6) is -0.795. The van der Waals surface area contributed by atoms with Crippen LogP contribution >= 0.6 is 0 Å². The SMILES string of the molecule is CCOc1cc(C(=O)NCCC(=O)N2CCCCCC2)ccc1OCC(=O)O. The Morgan fingerprint density at radius 1 is 1.07 bits per heavy atom. The van der Waals surface area contributed by atoms with Crippen LogP contribution in [0.5, 0.6) is 11.5 Å². The molecule has 0 unspecified atom stereocenters. The van der Waals surface area contributed by atoms with Crippen LogP contribution in [0.1, 0.15) is 49.4 Å². The molecule has 8 heteroatoms. The molecule has 1 heterocycles. The molecule has 0 radical (unpaired) electrons. The van der Waals surface area contributed by atoms with E-state index >= 15 is 0 Å². The second kappa shape index (κ2) is 11.2. The number of aliphatic carboxylic acids is 1. The number of hydrogen-bond acceptors (Lipinski definition) is 5. The van der Waals surface area contributed by atoms with Gasteiger partial charge in [0.25, 0.3) is 5.91 Å². The van der Waals surface area contributed by atoms with Gasteiger partial charge in [-0.2, -0.15) is 0 Å². The molecule has 1 aromatic carbocycles. The number of rotatable bonds is 9. The summed E-state index contributed by atoms with van der Waals surface area (Å²) in [7, 11) is 0. The maximum atomic E-state index is 12.4. The van der Waals surface area contributed by atoms with Crippen molar-refractivity contribution in [2.24, 2.45) is 0 Å². The van der Waals surface area contributed by atoms with Crippen molar-refractivity contribution < 1.29 is 29.0 Å². The molecule has 154 valence electrons. The van der Waals surface area contributed by atoms with Gasteiger partial charge in [0.05, 0.1) is 6.61 Å². The first kappa shape index (κ1) is 21.5. The zero-order valence-electron chi connectivity index (χ0n) is 16.2. The molecule has 28 heavy (non-hydrogen) atoms. The van der Waals surface area contributed by atoms with E-state index in [0.717, 1.165) is 38.8 Å². The number of carbonyl (C=O) groups is 3. The lowest BCUT2D eigenvalue weighted by Crippen LogP contribution is -2.35. The molecule has 1 saturated heterocycles. The Morgan fingerprint density at radius 3 is 2.43 bits per heavy atom. The summed E-state index contributed by atoms with van der Waals surface area (Å²) in [6.07, 6.45) is 4.66. The Kier molecular flexibility index (Phi) is 8.58. The highest BCUT2D eigenvalue weighted by molar-refractivity contribution is 5.95. The van der Waals surface area contributed by atoms with Crippen LogP contribution in [0.4, 0.5) is 0 Å². The predicted molar refractivity (Wildman–Crippen MR) is 103 cm³/mol. The van der Waals surface area contributed by atoms with Crippen molar-refractivity contribution in [2.45, 2.75) is 39.0 Å². The van der Waals surface area contributed by atoms with Crippen molar-refractivity contribution in [1.29, 1.82) is 0 Å². The van der Waals surface area contributed by atoms with E-state index < -0.39 is 12.6 Å². The first-order valence-corrected chi connectivity index (χ1v) is 9.68. The molecule has 0 atom stereocenters. The second-order valence-electron chi connectivity index (χ2n) is 6.58. The fourth-order valence-electron chi connectivity index (χ4n) is 3.04. The summed E-state index contributed by atoms with van der Waals surface area (Å²) in [6, 6.07) is 4.55. The van der Waals surface area contributed by atoms with E-state index in [4.69, 9.17) is 14.6 Å². The van der Waals surface area contributed by atoms with E-state index in [0.29, 0.717) is 17.9 Å². The predicted octanol–water partition coefficient (Wildman–Crippen LogP) is 2.07. The van der Waals surface area contributed by atoms with Crippen LogP contribution in [0, 0.1) is 0 Å². The first-order chi connectivity index (χ1) is 13.5. The third kappa shape index (κ3) is 6.75. The van der Waals surface area contributed by atoms with Gasteiger partial charge in [0.2, 0.25) is 5.91 Å². The van der Waals surface area contributed by atoms with E-state index in [1.807, 2.05) is 4.90 Å². The van der Waals surface area contributed by atoms with Crippen LogP contribution < -0.4 is 14.8 Å². The Labute approximate surface area is 164 Å². The van der Waals surface area contributed by atoms with Gasteiger partial charge in [-0.1, -0.05) is 12.8 Å². The second-order valence-corrected chi connectivity index (χ2v) is 6.58. The number of hydrogen-bond donors (Lipinski definition) is 2. The van der Waals surface area contributed by atoms with Crippen LogP contribution in [-0.2, 0) is 9.59 Å². The zero-order valence-corrected chi connectivity index (χ0v) is 16.2. The van der Waals surface area contributed by atoms with Crippen LogP contribution in [0.2, 0.25) is 0 Å². The Hall–Kier alpha value is -2.77. The van der Waals surface area contributed by atoms with Crippen molar-refractivity contribution >= 4 is 17.8 Å². The average molecular weight is 392 g/mol. The molecule has 0 saturated carbocycles. The zero-order chi connectivity index (χ0) is 20.4. The highest BCUT2D eigenvalue weighted by atomic mass is 16.5. The van der Waals surface area contributed by atoms with E-state index in [1.165, 1.54) is 18.2 Å². The van der Waals surface area contributed by atoms with Gasteiger partial charge >= 0.3 is 5.97 Å². The van der Waals surface area contributed by atoms with E-state index in [2.05, 4.69) is 5.32 Å².